The average Bonchev–Trinajstić information content (AvgIpc) is 2.99. The van der Waals surface area contributed by atoms with E-state index in [0.717, 1.165) is 4.90 Å². The lowest BCUT2D eigenvalue weighted by Crippen LogP contribution is -2.59. The normalized spacial score (nSPS) is 20.9. The highest BCUT2D eigenvalue weighted by Crippen LogP contribution is 2.35. The smallest absolute Gasteiger partial charge is 0.321 e. The van der Waals surface area contributed by atoms with E-state index < -0.39 is 29.9 Å². The first-order valence-electron chi connectivity index (χ1n) is 9.28. The molecule has 10 heteroatoms. The highest BCUT2D eigenvalue weighted by Gasteiger charge is 2.51. The second-order valence-electron chi connectivity index (χ2n) is 7.00. The van der Waals surface area contributed by atoms with Crippen LogP contribution in [0.5, 0.6) is 0 Å². The summed E-state index contributed by atoms with van der Waals surface area (Å²) in [6.07, 6.45) is 1.51. The number of hydrogen-bond acceptors (Lipinski definition) is 6. The molecule has 0 radical (unpaired) electrons. The average molecular weight is 428 g/mol. The summed E-state index contributed by atoms with van der Waals surface area (Å²) in [5.41, 5.74) is 0.820. The lowest BCUT2D eigenvalue weighted by molar-refractivity contribution is -0.125. The summed E-state index contributed by atoms with van der Waals surface area (Å²) < 4.78 is 0. The summed E-state index contributed by atoms with van der Waals surface area (Å²) in [7, 11) is 0. The molecule has 2 N–H and O–H groups in total. The van der Waals surface area contributed by atoms with Gasteiger partial charge in [0.1, 0.15) is 17.8 Å². The van der Waals surface area contributed by atoms with Crippen LogP contribution < -0.4 is 15.5 Å². The molecule has 4 amide bonds. The summed E-state index contributed by atoms with van der Waals surface area (Å²) >= 11 is 6.35. The van der Waals surface area contributed by atoms with Crippen molar-refractivity contribution in [1.82, 2.24) is 15.2 Å². The molecule has 2 atom stereocenters. The van der Waals surface area contributed by atoms with Crippen LogP contribution in [0.15, 0.2) is 42.6 Å². The number of anilines is 2. The number of carbonyl (C=O) groups is 4. The largest absolute Gasteiger partial charge is 0.332 e. The second-order valence-corrected chi connectivity index (χ2v) is 7.41. The third-order valence-corrected chi connectivity index (χ3v) is 5.38. The Morgan fingerprint density at radius 3 is 2.67 bits per heavy atom. The van der Waals surface area contributed by atoms with Crippen LogP contribution in [-0.4, -0.2) is 58.7 Å². The number of ketones is 1. The first kappa shape index (κ1) is 20.0. The lowest BCUT2D eigenvalue weighted by atomic mass is 10.1. The number of Topliss-reactive ketones (excluding diaryl/α,β-unsaturated/α-hetero) is 1. The molecule has 2 aliphatic heterocycles. The number of aromatic nitrogens is 1. The fraction of sp³-hybridized carbons (Fsp3) is 0.250. The number of imide groups is 1. The Hall–Kier alpha value is -3.30. The number of pyridine rings is 1. The molecule has 3 heterocycles. The molecular weight excluding hydrogens is 410 g/mol. The predicted octanol–water partition coefficient (Wildman–Crippen LogP) is 1.69. The number of piperazine rings is 1. The third-order valence-electron chi connectivity index (χ3n) is 5.08. The number of rotatable bonds is 4. The lowest BCUT2D eigenvalue weighted by Gasteiger charge is -2.34. The molecule has 2 aromatic rings. The summed E-state index contributed by atoms with van der Waals surface area (Å²) in [5.74, 6) is -1.07. The maximum Gasteiger partial charge on any atom is 0.332 e. The van der Waals surface area contributed by atoms with E-state index in [2.05, 4.69) is 15.6 Å². The summed E-state index contributed by atoms with van der Waals surface area (Å²) in [4.78, 5) is 56.3. The van der Waals surface area contributed by atoms with Gasteiger partial charge in [-0.15, -0.1) is 0 Å². The van der Waals surface area contributed by atoms with Gasteiger partial charge in [-0.2, -0.15) is 0 Å². The van der Waals surface area contributed by atoms with Gasteiger partial charge in [-0.25, -0.2) is 9.69 Å². The zero-order chi connectivity index (χ0) is 21.4. The Labute approximate surface area is 177 Å². The van der Waals surface area contributed by atoms with Gasteiger partial charge in [0, 0.05) is 25.0 Å². The quantitative estimate of drug-likeness (QED) is 0.718. The maximum atomic E-state index is 13.0. The van der Waals surface area contributed by atoms with Gasteiger partial charge in [0.05, 0.1) is 10.7 Å². The van der Waals surface area contributed by atoms with E-state index in [0.29, 0.717) is 12.2 Å². The van der Waals surface area contributed by atoms with Crippen LogP contribution in [0.1, 0.15) is 17.4 Å². The Balaban J connectivity index is 1.59. The van der Waals surface area contributed by atoms with Gasteiger partial charge in [-0.1, -0.05) is 17.7 Å². The minimum atomic E-state index is -0.764. The van der Waals surface area contributed by atoms with E-state index in [1.807, 2.05) is 0 Å². The van der Waals surface area contributed by atoms with Crippen molar-refractivity contribution in [3.63, 3.8) is 0 Å². The SMILES string of the molecule is CC(=O)C1CNCC2C(=O)N(c3ccc(NC(=O)c4ccccn4)cc3Cl)C(=O)N12. The molecule has 2 unspecified atom stereocenters. The van der Waals surface area contributed by atoms with Crippen molar-refractivity contribution in [3.8, 4) is 0 Å². The number of nitrogens with zero attached hydrogens (tertiary/aromatic N) is 3. The Bertz CT molecular complexity index is 1040. The van der Waals surface area contributed by atoms with E-state index in [4.69, 9.17) is 11.6 Å². The number of benzene rings is 1. The van der Waals surface area contributed by atoms with Gasteiger partial charge < -0.3 is 10.6 Å². The fourth-order valence-electron chi connectivity index (χ4n) is 3.62. The van der Waals surface area contributed by atoms with Crippen LogP contribution in [0.4, 0.5) is 16.2 Å². The molecule has 2 saturated heterocycles. The molecule has 2 aliphatic rings. The minimum Gasteiger partial charge on any atom is -0.321 e. The molecule has 1 aromatic carbocycles. The number of carbonyl (C=O) groups excluding carboxylic acids is 4. The number of hydrogen-bond donors (Lipinski definition) is 2. The molecule has 0 saturated carbocycles. The summed E-state index contributed by atoms with van der Waals surface area (Å²) in [6.45, 7) is 1.95. The van der Waals surface area contributed by atoms with Crippen molar-refractivity contribution in [1.29, 1.82) is 0 Å². The van der Waals surface area contributed by atoms with Crippen LogP contribution >= 0.6 is 11.6 Å². The monoisotopic (exact) mass is 427 g/mol. The molecule has 0 spiro atoms. The number of amides is 4. The zero-order valence-electron chi connectivity index (χ0n) is 16.0. The van der Waals surface area contributed by atoms with Crippen LogP contribution in [0.25, 0.3) is 0 Å². The van der Waals surface area contributed by atoms with Crippen LogP contribution in [0, 0.1) is 0 Å². The van der Waals surface area contributed by atoms with Crippen LogP contribution in [0.2, 0.25) is 5.02 Å². The maximum absolute atomic E-state index is 13.0. The van der Waals surface area contributed by atoms with Crippen molar-refractivity contribution >= 4 is 46.6 Å². The van der Waals surface area contributed by atoms with E-state index in [-0.39, 0.29) is 28.7 Å². The molecule has 0 aliphatic carbocycles. The second kappa shape index (κ2) is 7.85. The molecule has 0 bridgehead atoms. The number of nitrogens with one attached hydrogen (secondary N) is 2. The fourth-order valence-corrected chi connectivity index (χ4v) is 3.89. The van der Waals surface area contributed by atoms with Crippen molar-refractivity contribution in [2.75, 3.05) is 23.3 Å². The van der Waals surface area contributed by atoms with Gasteiger partial charge in [0.15, 0.2) is 5.78 Å². The summed E-state index contributed by atoms with van der Waals surface area (Å²) in [5, 5.41) is 5.81. The van der Waals surface area contributed by atoms with Gasteiger partial charge in [-0.3, -0.25) is 24.3 Å². The Morgan fingerprint density at radius 2 is 2.00 bits per heavy atom. The molecule has 9 nitrogen and oxygen atoms in total. The van der Waals surface area contributed by atoms with Crippen LogP contribution in [0.3, 0.4) is 0 Å². The molecule has 154 valence electrons. The first-order valence-corrected chi connectivity index (χ1v) is 9.65. The minimum absolute atomic E-state index is 0.114. The van der Waals surface area contributed by atoms with Crippen LogP contribution in [-0.2, 0) is 9.59 Å². The molecule has 1 aromatic heterocycles. The van der Waals surface area contributed by atoms with Crippen molar-refractivity contribution in [2.45, 2.75) is 19.0 Å². The number of fused-ring (bicyclic) bond motifs is 1. The molecule has 2 fully saturated rings. The topological polar surface area (TPSA) is 112 Å². The van der Waals surface area contributed by atoms with E-state index >= 15 is 0 Å². The van der Waals surface area contributed by atoms with E-state index in [1.165, 1.54) is 30.2 Å². The highest BCUT2D eigenvalue weighted by atomic mass is 35.5. The van der Waals surface area contributed by atoms with Gasteiger partial charge in [0.25, 0.3) is 11.8 Å². The third kappa shape index (κ3) is 3.42. The highest BCUT2D eigenvalue weighted by molar-refractivity contribution is 6.36. The number of urea groups is 1. The van der Waals surface area contributed by atoms with Gasteiger partial charge in [-0.05, 0) is 37.3 Å². The Kier molecular flexibility index (Phi) is 5.23. The van der Waals surface area contributed by atoms with Crippen molar-refractivity contribution in [2.24, 2.45) is 0 Å². The van der Waals surface area contributed by atoms with E-state index in [1.54, 1.807) is 24.3 Å². The number of halogens is 1. The molecular formula is C20H18ClN5O4. The standard InChI is InChI=1S/C20H18ClN5O4/c1-11(27)16-9-22-10-17-19(29)26(20(30)25(16)17)15-6-5-12(8-13(15)21)24-18(28)14-4-2-3-7-23-14/h2-8,16-17,22H,9-10H2,1H3,(H,24,28). The molecule has 30 heavy (non-hydrogen) atoms. The Morgan fingerprint density at radius 1 is 1.20 bits per heavy atom. The van der Waals surface area contributed by atoms with Crippen molar-refractivity contribution < 1.29 is 19.2 Å². The van der Waals surface area contributed by atoms with Gasteiger partial charge in [0.2, 0.25) is 0 Å². The zero-order valence-corrected chi connectivity index (χ0v) is 16.7. The van der Waals surface area contributed by atoms with Gasteiger partial charge >= 0.3 is 6.03 Å². The van der Waals surface area contributed by atoms with E-state index in [9.17, 15) is 19.2 Å². The predicted molar refractivity (Wildman–Crippen MR) is 109 cm³/mol. The molecule has 4 rings (SSSR count). The van der Waals surface area contributed by atoms with Crippen molar-refractivity contribution in [3.05, 3.63) is 53.3 Å². The first-order chi connectivity index (χ1) is 14.4. The summed E-state index contributed by atoms with van der Waals surface area (Å²) in [6, 6.07) is 7.40.